The third kappa shape index (κ3) is 4.60. The fourth-order valence-electron chi connectivity index (χ4n) is 7.57. The van der Waals surface area contributed by atoms with Crippen molar-refractivity contribution in [3.8, 4) is 0 Å². The van der Waals surface area contributed by atoms with Gasteiger partial charge in [0.2, 0.25) is 0 Å². The molecule has 45 heavy (non-hydrogen) atoms. The van der Waals surface area contributed by atoms with E-state index in [-0.39, 0.29) is 12.1 Å². The quantitative estimate of drug-likeness (QED) is 0.209. The van der Waals surface area contributed by atoms with Gasteiger partial charge >= 0.3 is 0 Å². The van der Waals surface area contributed by atoms with Crippen LogP contribution in [-0.4, -0.2) is 11.8 Å². The standard InChI is InChI=1S/C43H33NO/c1-3-10-29(11-4-1)39-26-34(27-40(44-39)30-12-5-2-6-13-30)31-20-18-28-19-21-32(25-33(28)24-31)35-22-23-42-43-37(35)15-9-16-38(43)36-14-7-8-17-41(36)45-42/h1-16,18-21,24-26,40-41H,17,22-23,27H2. The maximum Gasteiger partial charge on any atom is 0.127 e. The van der Waals surface area contributed by atoms with Crippen molar-refractivity contribution in [2.75, 3.05) is 0 Å². The predicted molar refractivity (Wildman–Crippen MR) is 186 cm³/mol. The van der Waals surface area contributed by atoms with Gasteiger partial charge in [0.1, 0.15) is 11.9 Å². The van der Waals surface area contributed by atoms with Crippen LogP contribution in [0.2, 0.25) is 0 Å². The highest BCUT2D eigenvalue weighted by Gasteiger charge is 2.29. The molecular formula is C43H33NO. The monoisotopic (exact) mass is 579 g/mol. The van der Waals surface area contributed by atoms with E-state index < -0.39 is 0 Å². The molecule has 0 fully saturated rings. The first-order valence-electron chi connectivity index (χ1n) is 16.1. The summed E-state index contributed by atoms with van der Waals surface area (Å²) in [5.41, 5.74) is 11.4. The van der Waals surface area contributed by atoms with Crippen molar-refractivity contribution in [2.45, 2.75) is 37.8 Å². The van der Waals surface area contributed by atoms with E-state index in [1.54, 1.807) is 0 Å². The normalized spacial score (nSPS) is 20.0. The number of rotatable bonds is 4. The molecule has 4 aliphatic rings. The van der Waals surface area contributed by atoms with Crippen LogP contribution in [0, 0.1) is 0 Å². The fraction of sp³-hybridized carbons (Fsp3) is 0.140. The van der Waals surface area contributed by atoms with Crippen molar-refractivity contribution < 1.29 is 4.74 Å². The largest absolute Gasteiger partial charge is 0.489 e. The van der Waals surface area contributed by atoms with Gasteiger partial charge in [0.25, 0.3) is 0 Å². The van der Waals surface area contributed by atoms with E-state index in [0.717, 1.165) is 42.7 Å². The molecule has 2 heterocycles. The van der Waals surface area contributed by atoms with Gasteiger partial charge in [-0.05, 0) is 86.0 Å². The third-order valence-corrected chi connectivity index (χ3v) is 9.81. The molecule has 2 heteroatoms. The number of benzene rings is 5. The highest BCUT2D eigenvalue weighted by atomic mass is 16.5. The van der Waals surface area contributed by atoms with Gasteiger partial charge in [-0.3, -0.25) is 4.99 Å². The second-order valence-electron chi connectivity index (χ2n) is 12.5. The van der Waals surface area contributed by atoms with Crippen LogP contribution in [0.4, 0.5) is 0 Å². The molecule has 9 rings (SSSR count). The smallest absolute Gasteiger partial charge is 0.127 e. The summed E-state index contributed by atoms with van der Waals surface area (Å²) >= 11 is 0. The molecule has 5 aromatic rings. The molecule has 2 unspecified atom stereocenters. The van der Waals surface area contributed by atoms with Gasteiger partial charge in [0, 0.05) is 23.6 Å². The van der Waals surface area contributed by atoms with E-state index in [1.807, 2.05) is 0 Å². The van der Waals surface area contributed by atoms with E-state index in [1.165, 1.54) is 60.2 Å². The number of allylic oxidation sites excluding steroid dienone is 3. The van der Waals surface area contributed by atoms with Crippen molar-refractivity contribution in [2.24, 2.45) is 4.99 Å². The van der Waals surface area contributed by atoms with Crippen LogP contribution in [0.1, 0.15) is 59.5 Å². The Morgan fingerprint density at radius 3 is 2.36 bits per heavy atom. The number of ether oxygens (including phenoxy) is 1. The molecule has 0 radical (unpaired) electrons. The van der Waals surface area contributed by atoms with Crippen LogP contribution in [0.25, 0.3) is 33.3 Å². The number of hydrogen-bond donors (Lipinski definition) is 0. The van der Waals surface area contributed by atoms with E-state index in [2.05, 4.69) is 140 Å². The molecule has 0 aromatic heterocycles. The Kier molecular flexibility index (Phi) is 6.26. The molecule has 216 valence electrons. The zero-order valence-corrected chi connectivity index (χ0v) is 25.1. The molecule has 0 saturated heterocycles. The Morgan fingerprint density at radius 2 is 1.49 bits per heavy atom. The number of aliphatic imine (C=N–C) groups is 1. The molecule has 2 aliphatic carbocycles. The summed E-state index contributed by atoms with van der Waals surface area (Å²) in [6, 6.07) is 42.1. The maximum atomic E-state index is 6.58. The molecule has 0 N–H and O–H groups in total. The lowest BCUT2D eigenvalue weighted by molar-refractivity contribution is 0.203. The summed E-state index contributed by atoms with van der Waals surface area (Å²) in [6.07, 6.45) is 12.8. The lowest BCUT2D eigenvalue weighted by Crippen LogP contribution is -2.41. The summed E-state index contributed by atoms with van der Waals surface area (Å²) in [4.78, 5) is 5.22. The first-order valence-corrected chi connectivity index (χ1v) is 16.1. The second-order valence-corrected chi connectivity index (χ2v) is 12.5. The first-order chi connectivity index (χ1) is 22.3. The number of hydrogen-bond acceptors (Lipinski definition) is 2. The van der Waals surface area contributed by atoms with Crippen molar-refractivity contribution in [1.82, 2.24) is 0 Å². The molecule has 0 spiro atoms. The van der Waals surface area contributed by atoms with Crippen LogP contribution >= 0.6 is 0 Å². The summed E-state index contributed by atoms with van der Waals surface area (Å²) in [6.45, 7) is 0. The molecule has 2 atom stereocenters. The van der Waals surface area contributed by atoms with Gasteiger partial charge in [-0.15, -0.1) is 0 Å². The Bertz CT molecular complexity index is 2230. The van der Waals surface area contributed by atoms with E-state index in [4.69, 9.17) is 9.73 Å². The summed E-state index contributed by atoms with van der Waals surface area (Å²) in [5.74, 6) is 1.16. The summed E-state index contributed by atoms with van der Waals surface area (Å²) in [5, 5.41) is 5.16. The Balaban J connectivity index is 1.15. The summed E-state index contributed by atoms with van der Waals surface area (Å²) < 4.78 is 6.58. The number of nitrogens with zero attached hydrogens (tertiary/aromatic N) is 1. The first kappa shape index (κ1) is 26.2. The number of dihydropyridines is 1. The minimum atomic E-state index is 0.0903. The van der Waals surface area contributed by atoms with E-state index >= 15 is 0 Å². The maximum absolute atomic E-state index is 6.58. The van der Waals surface area contributed by atoms with Gasteiger partial charge < -0.3 is 4.74 Å². The predicted octanol–water partition coefficient (Wildman–Crippen LogP) is 8.70. The molecule has 5 aromatic carbocycles. The zero-order chi connectivity index (χ0) is 29.7. The van der Waals surface area contributed by atoms with Crippen LogP contribution in [-0.2, 0) is 4.74 Å². The molecule has 2 nitrogen and oxygen atoms in total. The molecule has 0 bridgehead atoms. The van der Waals surface area contributed by atoms with Crippen molar-refractivity contribution in [3.05, 3.63) is 178 Å². The van der Waals surface area contributed by atoms with Gasteiger partial charge in [-0.1, -0.05) is 121 Å². The average Bonchev–Trinajstić information content (AvgIpc) is 3.12. The SMILES string of the molecule is C1=CCC2OC3=c4c(cccc4=C(c4ccc5ccc(C6=CC(c7ccccc7)=NC(c7ccccc7)C6)cc5c4)CC3)C2=C1. The van der Waals surface area contributed by atoms with E-state index in [0.29, 0.717) is 0 Å². The van der Waals surface area contributed by atoms with Crippen molar-refractivity contribution in [3.63, 3.8) is 0 Å². The van der Waals surface area contributed by atoms with Crippen molar-refractivity contribution in [1.29, 1.82) is 0 Å². The van der Waals surface area contributed by atoms with Gasteiger partial charge in [-0.25, -0.2) is 0 Å². The fourth-order valence-corrected chi connectivity index (χ4v) is 7.57. The highest BCUT2D eigenvalue weighted by Crippen LogP contribution is 2.37. The Hall–Kier alpha value is -5.21. The lowest BCUT2D eigenvalue weighted by atomic mass is 9.84. The molecular weight excluding hydrogens is 546 g/mol. The Morgan fingerprint density at radius 1 is 0.689 bits per heavy atom. The molecule has 2 aliphatic heterocycles. The van der Waals surface area contributed by atoms with Crippen LogP contribution in [0.15, 0.2) is 145 Å². The van der Waals surface area contributed by atoms with Crippen molar-refractivity contribution >= 4 is 39.0 Å². The average molecular weight is 580 g/mol. The topological polar surface area (TPSA) is 21.6 Å². The highest BCUT2D eigenvalue weighted by molar-refractivity contribution is 6.13. The summed E-state index contributed by atoms with van der Waals surface area (Å²) in [7, 11) is 0. The van der Waals surface area contributed by atoms with Crippen LogP contribution in [0.3, 0.4) is 0 Å². The minimum Gasteiger partial charge on any atom is -0.489 e. The zero-order valence-electron chi connectivity index (χ0n) is 25.1. The van der Waals surface area contributed by atoms with Crippen LogP contribution in [0.5, 0.6) is 0 Å². The number of fused-ring (bicyclic) bond motifs is 3. The molecule has 0 saturated carbocycles. The van der Waals surface area contributed by atoms with Crippen LogP contribution < -0.4 is 10.4 Å². The van der Waals surface area contributed by atoms with Gasteiger partial charge in [0.05, 0.1) is 11.8 Å². The minimum absolute atomic E-state index is 0.0903. The van der Waals surface area contributed by atoms with Gasteiger partial charge in [-0.2, -0.15) is 0 Å². The lowest BCUT2D eigenvalue weighted by Gasteiger charge is -2.32. The van der Waals surface area contributed by atoms with E-state index in [9.17, 15) is 0 Å². The van der Waals surface area contributed by atoms with Gasteiger partial charge in [0.15, 0.2) is 0 Å². The molecule has 0 amide bonds. The second kappa shape index (κ2) is 10.7. The Labute approximate surface area is 263 Å². The third-order valence-electron chi connectivity index (χ3n) is 9.81.